The summed E-state index contributed by atoms with van der Waals surface area (Å²) < 4.78 is 19.3. The zero-order valence-corrected chi connectivity index (χ0v) is 22.5. The first-order chi connectivity index (χ1) is 19.3. The number of hydrogen-bond donors (Lipinski definition) is 3. The van der Waals surface area contributed by atoms with E-state index < -0.39 is 64.7 Å². The van der Waals surface area contributed by atoms with Gasteiger partial charge in [0, 0.05) is 11.2 Å². The summed E-state index contributed by atoms with van der Waals surface area (Å²) in [5, 5.41) is 12.8. The van der Waals surface area contributed by atoms with Crippen molar-refractivity contribution < 1.29 is 33.8 Å². The lowest BCUT2D eigenvalue weighted by Crippen LogP contribution is -2.71. The Morgan fingerprint density at radius 3 is 2.35 bits per heavy atom. The fraction of sp³-hybridized carbons (Fsp3) is 0.222. The number of fused-ring (bicyclic) bond motifs is 1. The Bertz CT molecular complexity index is 1410. The van der Waals surface area contributed by atoms with Crippen LogP contribution in [0.25, 0.3) is 0 Å². The van der Waals surface area contributed by atoms with Gasteiger partial charge >= 0.3 is 11.9 Å². The van der Waals surface area contributed by atoms with Crippen molar-refractivity contribution in [2.75, 3.05) is 12.4 Å². The van der Waals surface area contributed by atoms with E-state index >= 15 is 0 Å². The van der Waals surface area contributed by atoms with Crippen molar-refractivity contribution in [2.45, 2.75) is 23.6 Å². The predicted octanol–water partition coefficient (Wildman–Crippen LogP) is 2.34. The minimum Gasteiger partial charge on any atom is -0.477 e. The van der Waals surface area contributed by atoms with Crippen molar-refractivity contribution in [3.05, 3.63) is 94.7 Å². The Labute approximate surface area is 235 Å². The third kappa shape index (κ3) is 5.76. The van der Waals surface area contributed by atoms with E-state index in [9.17, 15) is 24.3 Å². The van der Waals surface area contributed by atoms with Crippen molar-refractivity contribution >= 4 is 51.8 Å². The van der Waals surface area contributed by atoms with Gasteiger partial charge in [0.05, 0.1) is 11.2 Å². The lowest BCUT2D eigenvalue weighted by atomic mass is 10.0. The quantitative estimate of drug-likeness (QED) is 0.285. The van der Waals surface area contributed by atoms with Gasteiger partial charge in [-0.15, -0.1) is 11.8 Å². The molecular weight excluding hydrogens is 556 g/mol. The van der Waals surface area contributed by atoms with Gasteiger partial charge in [0.15, 0.2) is 12.2 Å². The van der Waals surface area contributed by atoms with Crippen LogP contribution in [0.1, 0.15) is 17.2 Å². The molecule has 3 aliphatic rings. The van der Waals surface area contributed by atoms with Crippen molar-refractivity contribution in [1.29, 1.82) is 4.78 Å². The normalized spacial score (nSPS) is 22.1. The number of ether oxygens (including phenoxy) is 2. The molecule has 4 atom stereocenters. The van der Waals surface area contributed by atoms with Crippen LogP contribution in [0.3, 0.4) is 0 Å². The topological polar surface area (TPSA) is 158 Å². The second kappa shape index (κ2) is 12.0. The van der Waals surface area contributed by atoms with E-state index in [4.69, 9.17) is 14.3 Å². The van der Waals surface area contributed by atoms with Crippen LogP contribution in [0.2, 0.25) is 0 Å². The van der Waals surface area contributed by atoms with E-state index in [2.05, 4.69) is 10.3 Å². The van der Waals surface area contributed by atoms with E-state index in [0.717, 1.165) is 16.0 Å². The van der Waals surface area contributed by atoms with Gasteiger partial charge in [-0.25, -0.2) is 14.6 Å². The highest BCUT2D eigenvalue weighted by molar-refractivity contribution is 8.02. The molecule has 3 aliphatic heterocycles. The molecule has 0 aromatic heterocycles. The van der Waals surface area contributed by atoms with Crippen LogP contribution in [-0.4, -0.2) is 69.2 Å². The van der Waals surface area contributed by atoms with E-state index in [-0.39, 0.29) is 11.4 Å². The van der Waals surface area contributed by atoms with Crippen LogP contribution < -0.4 is 5.32 Å². The molecule has 40 heavy (non-hydrogen) atoms. The smallest absolute Gasteiger partial charge is 0.352 e. The van der Waals surface area contributed by atoms with Gasteiger partial charge < -0.3 is 19.9 Å². The molecule has 1 saturated heterocycles. The van der Waals surface area contributed by atoms with Crippen LogP contribution in [0.4, 0.5) is 0 Å². The van der Waals surface area contributed by atoms with Gasteiger partial charge in [-0.3, -0.25) is 19.3 Å². The number of carbonyl (C=O) groups excluding carboxylic acids is 3. The lowest BCUT2D eigenvalue weighted by Gasteiger charge is -2.48. The maximum Gasteiger partial charge on any atom is 0.352 e. The average Bonchev–Trinajstić information content (AvgIpc) is 3.40. The van der Waals surface area contributed by atoms with Crippen LogP contribution in [-0.2, 0) is 39.3 Å². The number of esters is 1. The molecule has 206 valence electrons. The van der Waals surface area contributed by atoms with Gasteiger partial charge in [0.25, 0.3) is 11.8 Å². The van der Waals surface area contributed by atoms with Gasteiger partial charge in [0.1, 0.15) is 23.7 Å². The molecule has 0 aliphatic carbocycles. The van der Waals surface area contributed by atoms with Crippen LogP contribution in [0.5, 0.6) is 0 Å². The first-order valence-corrected chi connectivity index (χ1v) is 14.5. The van der Waals surface area contributed by atoms with Gasteiger partial charge in [-0.1, -0.05) is 60.7 Å². The van der Waals surface area contributed by atoms with Gasteiger partial charge in [-0.2, -0.15) is 0 Å². The third-order valence-electron chi connectivity index (χ3n) is 6.25. The van der Waals surface area contributed by atoms with E-state index in [0.29, 0.717) is 5.75 Å². The molecular formula is C27H24N4O7S2. The summed E-state index contributed by atoms with van der Waals surface area (Å²) >= 11 is 1.32. The fourth-order valence-electron chi connectivity index (χ4n) is 4.40. The van der Waals surface area contributed by atoms with E-state index in [1.165, 1.54) is 28.8 Å². The Morgan fingerprint density at radius 2 is 1.77 bits per heavy atom. The Kier molecular flexibility index (Phi) is 8.24. The largest absolute Gasteiger partial charge is 0.477 e. The molecule has 0 bridgehead atoms. The molecule has 3 heterocycles. The van der Waals surface area contributed by atoms with Crippen LogP contribution in [0.15, 0.2) is 88.5 Å². The third-order valence-corrected chi connectivity index (χ3v) is 8.27. The van der Waals surface area contributed by atoms with Crippen molar-refractivity contribution in [3.8, 4) is 0 Å². The van der Waals surface area contributed by atoms with Crippen molar-refractivity contribution in [2.24, 2.45) is 4.99 Å². The summed E-state index contributed by atoms with van der Waals surface area (Å²) in [6.07, 6.45) is -0.641. The highest BCUT2D eigenvalue weighted by Crippen LogP contribution is 2.37. The number of β-lactam (4-membered cyclic amide) rings is 1. The zero-order valence-electron chi connectivity index (χ0n) is 20.8. The van der Waals surface area contributed by atoms with Crippen molar-refractivity contribution in [3.63, 3.8) is 0 Å². The highest BCUT2D eigenvalue weighted by Gasteiger charge is 2.53. The molecule has 0 spiro atoms. The minimum atomic E-state index is -1.39. The number of amides is 2. The molecule has 13 heteroatoms. The maximum atomic E-state index is 13.3. The number of rotatable bonds is 10. The summed E-state index contributed by atoms with van der Waals surface area (Å²) in [5.41, 5.74) is 2.87. The van der Waals surface area contributed by atoms with Crippen molar-refractivity contribution in [1.82, 2.24) is 10.2 Å². The first kappa shape index (κ1) is 27.5. The molecule has 1 fully saturated rings. The number of hydrogen-bond acceptors (Lipinski definition) is 9. The second-order valence-corrected chi connectivity index (χ2v) is 11.2. The SMILES string of the molecule is N=S1C=NC(C(OCC(=O)OC(c2ccccc2)c2ccccc2)C(=O)NC2C(=O)N3C(C(=O)O)=CCS[C@H]23)=C1. The lowest BCUT2D eigenvalue weighted by molar-refractivity contribution is -0.157. The Balaban J connectivity index is 1.28. The van der Waals surface area contributed by atoms with Gasteiger partial charge in [-0.05, 0) is 27.9 Å². The monoisotopic (exact) mass is 580 g/mol. The molecule has 3 N–H and O–H groups in total. The maximum absolute atomic E-state index is 13.3. The number of carboxylic acids is 1. The Hall–Kier alpha value is -4.07. The van der Waals surface area contributed by atoms with E-state index in [1.807, 2.05) is 60.7 Å². The number of aliphatic imine (C=N–C) groups is 1. The fourth-order valence-corrected chi connectivity index (χ4v) is 6.34. The summed E-state index contributed by atoms with van der Waals surface area (Å²) in [4.78, 5) is 55.6. The molecule has 2 aromatic carbocycles. The summed E-state index contributed by atoms with van der Waals surface area (Å²) in [6, 6.07) is 17.4. The second-order valence-electron chi connectivity index (χ2n) is 8.84. The summed E-state index contributed by atoms with van der Waals surface area (Å²) in [6.45, 7) is -0.596. The first-order valence-electron chi connectivity index (χ1n) is 12.1. The average molecular weight is 581 g/mol. The zero-order chi connectivity index (χ0) is 28.2. The number of carbonyl (C=O) groups is 4. The number of aliphatic carboxylic acids is 1. The summed E-state index contributed by atoms with van der Waals surface area (Å²) in [5.74, 6) is -2.87. The molecule has 3 unspecified atom stereocenters. The number of nitrogens with one attached hydrogen (secondary N) is 2. The molecule has 2 amide bonds. The molecule has 11 nitrogen and oxygen atoms in total. The molecule has 5 rings (SSSR count). The minimum absolute atomic E-state index is 0.123. The van der Waals surface area contributed by atoms with Gasteiger partial charge in [0.2, 0.25) is 0 Å². The van der Waals surface area contributed by atoms with Crippen LogP contribution in [0, 0.1) is 4.78 Å². The Morgan fingerprint density at radius 1 is 1.12 bits per heavy atom. The molecule has 0 saturated carbocycles. The standard InChI is InChI=1S/C27H24N4O7S2/c28-40-14-18(29-15-40)23(24(33)30-21-25(34)31-19(27(35)36)11-12-39-26(21)31)37-13-20(32)38-22(16-7-3-1-4-8-16)17-9-5-2-6-10-17/h1-11,14-15,21-23,26,28H,12-13H2,(H,30,33)(H,35,36)/t21?,23?,26-,40?/m1/s1. The molecule has 2 aromatic rings. The number of carboxylic acid groups (broad SMARTS) is 1. The number of thioether (sulfide) groups is 1. The van der Waals surface area contributed by atoms with Crippen LogP contribution >= 0.6 is 11.8 Å². The summed E-state index contributed by atoms with van der Waals surface area (Å²) in [7, 11) is -1.07. The van der Waals surface area contributed by atoms with E-state index in [1.54, 1.807) is 0 Å². The molecule has 0 radical (unpaired) electrons. The predicted molar refractivity (Wildman–Crippen MR) is 148 cm³/mol. The highest BCUT2D eigenvalue weighted by atomic mass is 32.2. The number of benzene rings is 2. The number of nitrogens with zero attached hydrogens (tertiary/aromatic N) is 2.